The van der Waals surface area contributed by atoms with Crippen LogP contribution in [0, 0.1) is 0 Å². The van der Waals surface area contributed by atoms with E-state index in [-0.39, 0.29) is 12.1 Å². The second-order valence-corrected chi connectivity index (χ2v) is 7.87. The molecule has 0 radical (unpaired) electrons. The first kappa shape index (κ1) is 20.4. The number of fused-ring (bicyclic) bond motifs is 1. The molecule has 154 valence electrons. The Balaban J connectivity index is 1.80. The van der Waals surface area contributed by atoms with Crippen LogP contribution in [0.3, 0.4) is 0 Å². The van der Waals surface area contributed by atoms with E-state index in [0.717, 1.165) is 55.0 Å². The first-order chi connectivity index (χ1) is 13.4. The Kier molecular flexibility index (Phi) is 6.39. The van der Waals surface area contributed by atoms with Gasteiger partial charge in [-0.1, -0.05) is 0 Å². The second-order valence-electron chi connectivity index (χ2n) is 7.87. The molecule has 2 amide bonds. The second kappa shape index (κ2) is 8.77. The molecule has 3 rings (SSSR count). The van der Waals surface area contributed by atoms with E-state index in [1.165, 1.54) is 0 Å². The summed E-state index contributed by atoms with van der Waals surface area (Å²) in [4.78, 5) is 25.8. The lowest BCUT2D eigenvalue weighted by Crippen LogP contribution is -2.46. The molecule has 2 aromatic rings. The average molecular weight is 389 g/mol. The number of carbonyl (C=O) groups excluding carboxylic acids is 1. The van der Waals surface area contributed by atoms with Crippen LogP contribution in [0.2, 0.25) is 0 Å². The topological polar surface area (TPSA) is 75.5 Å². The third-order valence-electron chi connectivity index (χ3n) is 5.32. The largest absolute Gasteiger partial charge is 0.383 e. The van der Waals surface area contributed by atoms with Crippen LogP contribution in [0.15, 0.2) is 12.4 Å². The molecule has 0 atom stereocenters. The van der Waals surface area contributed by atoms with Crippen LogP contribution >= 0.6 is 0 Å². The lowest BCUT2D eigenvalue weighted by atomic mass is 9.93. The van der Waals surface area contributed by atoms with Crippen molar-refractivity contribution in [3.63, 3.8) is 0 Å². The molecule has 3 heterocycles. The molecule has 0 aromatic carbocycles. The molecule has 1 fully saturated rings. The van der Waals surface area contributed by atoms with Crippen LogP contribution in [0.1, 0.15) is 38.3 Å². The number of hydrogen-bond acceptors (Lipinski definition) is 5. The van der Waals surface area contributed by atoms with Gasteiger partial charge in [-0.2, -0.15) is 0 Å². The average Bonchev–Trinajstić information content (AvgIpc) is 3.06. The fraction of sp³-hybridized carbons (Fsp3) is 0.650. The van der Waals surface area contributed by atoms with Crippen molar-refractivity contribution in [2.75, 3.05) is 45.3 Å². The van der Waals surface area contributed by atoms with Crippen molar-refractivity contribution < 1.29 is 9.53 Å². The van der Waals surface area contributed by atoms with Crippen molar-refractivity contribution in [3.05, 3.63) is 18.1 Å². The monoisotopic (exact) mass is 388 g/mol. The van der Waals surface area contributed by atoms with E-state index in [1.807, 2.05) is 43.7 Å². The number of methoxy groups -OCH3 is 1. The highest BCUT2D eigenvalue weighted by Gasteiger charge is 2.26. The van der Waals surface area contributed by atoms with Crippen molar-refractivity contribution in [2.24, 2.45) is 7.05 Å². The SMILES string of the molecule is COCCN(C)c1nc(C2CCN(C(=O)NC(C)C)CC2)cc2c1ncn2C. The van der Waals surface area contributed by atoms with E-state index in [1.54, 1.807) is 7.11 Å². The quantitative estimate of drug-likeness (QED) is 0.822. The molecule has 0 spiro atoms. The molecule has 1 N–H and O–H groups in total. The van der Waals surface area contributed by atoms with Crippen LogP contribution in [0.5, 0.6) is 0 Å². The molecule has 1 saturated heterocycles. The van der Waals surface area contributed by atoms with Gasteiger partial charge >= 0.3 is 6.03 Å². The number of hydrogen-bond donors (Lipinski definition) is 1. The zero-order valence-electron chi connectivity index (χ0n) is 17.6. The zero-order chi connectivity index (χ0) is 20.3. The Morgan fingerprint density at radius 1 is 1.39 bits per heavy atom. The van der Waals surface area contributed by atoms with Gasteiger partial charge in [-0.05, 0) is 32.8 Å². The van der Waals surface area contributed by atoms with Gasteiger partial charge in [0.05, 0.1) is 18.5 Å². The van der Waals surface area contributed by atoms with Crippen LogP contribution in [-0.4, -0.2) is 71.9 Å². The van der Waals surface area contributed by atoms with E-state index in [0.29, 0.717) is 12.5 Å². The van der Waals surface area contributed by atoms with Crippen molar-refractivity contribution >= 4 is 22.9 Å². The van der Waals surface area contributed by atoms with Gasteiger partial charge in [-0.3, -0.25) is 0 Å². The standard InChI is InChI=1S/C20H32N6O2/c1-14(2)22-20(27)26-8-6-15(7-9-26)16-12-17-18(21-13-25(17)4)19(23-16)24(3)10-11-28-5/h12-15H,6-11H2,1-5H3,(H,22,27). The lowest BCUT2D eigenvalue weighted by molar-refractivity contribution is 0.178. The Labute approximate surface area is 166 Å². The van der Waals surface area contributed by atoms with E-state index in [2.05, 4.69) is 21.3 Å². The Bertz CT molecular complexity index is 810. The highest BCUT2D eigenvalue weighted by Crippen LogP contribution is 2.32. The first-order valence-electron chi connectivity index (χ1n) is 9.98. The molecule has 0 saturated carbocycles. The number of likely N-dealkylation sites (N-methyl/N-ethyl adjacent to an activating group) is 1. The molecule has 1 aliphatic heterocycles. The van der Waals surface area contributed by atoms with E-state index in [9.17, 15) is 4.79 Å². The number of aromatic nitrogens is 3. The van der Waals surface area contributed by atoms with Crippen molar-refractivity contribution in [1.29, 1.82) is 0 Å². The summed E-state index contributed by atoms with van der Waals surface area (Å²) in [7, 11) is 5.74. The summed E-state index contributed by atoms with van der Waals surface area (Å²) in [5, 5.41) is 2.98. The number of nitrogens with zero attached hydrogens (tertiary/aromatic N) is 5. The molecule has 8 heteroatoms. The highest BCUT2D eigenvalue weighted by molar-refractivity contribution is 5.87. The molecular formula is C20H32N6O2. The number of carbonyl (C=O) groups is 1. The van der Waals surface area contributed by atoms with Gasteiger partial charge in [0, 0.05) is 58.5 Å². The number of likely N-dealkylation sites (tertiary alicyclic amines) is 1. The normalized spacial score (nSPS) is 15.4. The molecule has 1 aliphatic rings. The fourth-order valence-electron chi connectivity index (χ4n) is 3.66. The number of pyridine rings is 1. The summed E-state index contributed by atoms with van der Waals surface area (Å²) >= 11 is 0. The van der Waals surface area contributed by atoms with E-state index >= 15 is 0 Å². The van der Waals surface area contributed by atoms with Crippen molar-refractivity contribution in [1.82, 2.24) is 24.8 Å². The first-order valence-corrected chi connectivity index (χ1v) is 9.98. The van der Waals surface area contributed by atoms with Gasteiger partial charge in [0.15, 0.2) is 5.82 Å². The summed E-state index contributed by atoms with van der Waals surface area (Å²) in [6.07, 6.45) is 3.68. The van der Waals surface area contributed by atoms with Gasteiger partial charge in [-0.15, -0.1) is 0 Å². The predicted molar refractivity (Wildman–Crippen MR) is 111 cm³/mol. The lowest BCUT2D eigenvalue weighted by Gasteiger charge is -2.32. The van der Waals surface area contributed by atoms with Crippen molar-refractivity contribution in [2.45, 2.75) is 38.6 Å². The minimum atomic E-state index is 0.0310. The van der Waals surface area contributed by atoms with Gasteiger partial charge in [0.2, 0.25) is 0 Å². The number of imidazole rings is 1. The molecule has 28 heavy (non-hydrogen) atoms. The fourth-order valence-corrected chi connectivity index (χ4v) is 3.66. The summed E-state index contributed by atoms with van der Waals surface area (Å²) in [6, 6.07) is 2.35. The third kappa shape index (κ3) is 4.38. The third-order valence-corrected chi connectivity index (χ3v) is 5.32. The predicted octanol–water partition coefficient (Wildman–Crippen LogP) is 2.35. The van der Waals surface area contributed by atoms with Crippen LogP contribution < -0.4 is 10.2 Å². The number of nitrogens with one attached hydrogen (secondary N) is 1. The molecule has 8 nitrogen and oxygen atoms in total. The van der Waals surface area contributed by atoms with Gasteiger partial charge in [0.25, 0.3) is 0 Å². The minimum Gasteiger partial charge on any atom is -0.383 e. The minimum absolute atomic E-state index is 0.0310. The zero-order valence-corrected chi connectivity index (χ0v) is 17.6. The summed E-state index contributed by atoms with van der Waals surface area (Å²) in [6.45, 7) is 6.87. The van der Waals surface area contributed by atoms with Gasteiger partial charge in [0.1, 0.15) is 5.52 Å². The van der Waals surface area contributed by atoms with Gasteiger partial charge in [-0.25, -0.2) is 14.8 Å². The van der Waals surface area contributed by atoms with Gasteiger partial charge < -0.3 is 24.4 Å². The van der Waals surface area contributed by atoms with Crippen LogP contribution in [0.4, 0.5) is 10.6 Å². The van der Waals surface area contributed by atoms with E-state index < -0.39 is 0 Å². The molecule has 2 aromatic heterocycles. The van der Waals surface area contributed by atoms with Crippen LogP contribution in [-0.2, 0) is 11.8 Å². The maximum absolute atomic E-state index is 12.2. The molecular weight excluding hydrogens is 356 g/mol. The number of urea groups is 1. The smallest absolute Gasteiger partial charge is 0.317 e. The number of piperidine rings is 1. The van der Waals surface area contributed by atoms with E-state index in [4.69, 9.17) is 9.72 Å². The van der Waals surface area contributed by atoms with Crippen molar-refractivity contribution in [3.8, 4) is 0 Å². The molecule has 0 bridgehead atoms. The highest BCUT2D eigenvalue weighted by atomic mass is 16.5. The number of aryl methyl sites for hydroxylation is 1. The molecule has 0 aliphatic carbocycles. The molecule has 0 unspecified atom stereocenters. The number of ether oxygens (including phenoxy) is 1. The summed E-state index contributed by atoms with van der Waals surface area (Å²) < 4.78 is 7.26. The number of rotatable bonds is 6. The Morgan fingerprint density at radius 3 is 2.75 bits per heavy atom. The Morgan fingerprint density at radius 2 is 2.11 bits per heavy atom. The Hall–Kier alpha value is -2.35. The maximum atomic E-state index is 12.2. The van der Waals surface area contributed by atoms with Crippen LogP contribution in [0.25, 0.3) is 11.0 Å². The number of amides is 2. The number of anilines is 1. The maximum Gasteiger partial charge on any atom is 0.317 e. The summed E-state index contributed by atoms with van der Waals surface area (Å²) in [5.41, 5.74) is 3.09. The summed E-state index contributed by atoms with van der Waals surface area (Å²) in [5.74, 6) is 1.24.